The molecule has 0 atom stereocenters. The molecule has 1 N–H and O–H groups in total. The van der Waals surface area contributed by atoms with E-state index in [2.05, 4.69) is 5.32 Å². The number of carbonyl (C=O) groups is 1. The van der Waals surface area contributed by atoms with Gasteiger partial charge in [-0.1, -0.05) is 30.3 Å². The molecule has 2 aromatic rings. The Morgan fingerprint density at radius 3 is 2.28 bits per heavy atom. The van der Waals surface area contributed by atoms with Gasteiger partial charge in [0.15, 0.2) is 0 Å². The molecule has 0 saturated carbocycles. The quantitative estimate of drug-likeness (QED) is 0.664. The molecule has 0 aliphatic rings. The van der Waals surface area contributed by atoms with Gasteiger partial charge in [-0.3, -0.25) is 14.9 Å². The van der Waals surface area contributed by atoms with Crippen molar-refractivity contribution in [3.8, 4) is 0 Å². The number of anilines is 1. The number of rotatable bonds is 3. The zero-order chi connectivity index (χ0) is 13.0. The molecule has 2 aromatic carbocycles. The lowest BCUT2D eigenvalue weighted by Crippen LogP contribution is -2.12. The van der Waals surface area contributed by atoms with Gasteiger partial charge >= 0.3 is 0 Å². The van der Waals surface area contributed by atoms with Crippen molar-refractivity contribution in [2.45, 2.75) is 0 Å². The Labute approximate surface area is 103 Å². The second-order valence-corrected chi connectivity index (χ2v) is 3.59. The minimum Gasteiger partial charge on any atom is -0.316 e. The predicted octanol–water partition coefficient (Wildman–Crippen LogP) is 2.85. The third-order valence-electron chi connectivity index (χ3n) is 2.38. The molecular weight excluding hydrogens is 232 g/mol. The highest BCUT2D eigenvalue weighted by Gasteiger charge is 2.15. The zero-order valence-corrected chi connectivity index (χ0v) is 9.37. The van der Waals surface area contributed by atoms with E-state index in [9.17, 15) is 14.9 Å². The Hall–Kier alpha value is -2.69. The second-order valence-electron chi connectivity index (χ2n) is 3.59. The number of nitro benzene ring substituents is 1. The van der Waals surface area contributed by atoms with Gasteiger partial charge in [-0.05, 0) is 18.2 Å². The van der Waals surface area contributed by atoms with Crippen molar-refractivity contribution in [3.63, 3.8) is 0 Å². The molecule has 0 aromatic heterocycles. The largest absolute Gasteiger partial charge is 0.316 e. The molecule has 0 heterocycles. The van der Waals surface area contributed by atoms with Crippen molar-refractivity contribution in [2.75, 3.05) is 5.32 Å². The highest BCUT2D eigenvalue weighted by atomic mass is 16.6. The van der Waals surface area contributed by atoms with Crippen LogP contribution < -0.4 is 5.32 Å². The van der Waals surface area contributed by atoms with Crippen molar-refractivity contribution in [2.24, 2.45) is 0 Å². The van der Waals surface area contributed by atoms with Crippen molar-refractivity contribution in [1.82, 2.24) is 0 Å². The van der Waals surface area contributed by atoms with Crippen LogP contribution in [0.15, 0.2) is 54.6 Å². The summed E-state index contributed by atoms with van der Waals surface area (Å²) in [7, 11) is 0. The smallest absolute Gasteiger partial charge is 0.292 e. The minimum absolute atomic E-state index is 0.123. The van der Waals surface area contributed by atoms with Gasteiger partial charge in [0.2, 0.25) is 0 Å². The van der Waals surface area contributed by atoms with Crippen LogP contribution in [-0.2, 0) is 0 Å². The maximum Gasteiger partial charge on any atom is 0.292 e. The number of hydrogen-bond acceptors (Lipinski definition) is 3. The van der Waals surface area contributed by atoms with Gasteiger partial charge < -0.3 is 5.32 Å². The molecule has 5 heteroatoms. The fourth-order valence-electron chi connectivity index (χ4n) is 1.52. The fourth-order valence-corrected chi connectivity index (χ4v) is 1.52. The summed E-state index contributed by atoms with van der Waals surface area (Å²) in [5.74, 6) is -0.370. The summed E-state index contributed by atoms with van der Waals surface area (Å²) in [6.45, 7) is 0. The molecule has 0 fully saturated rings. The molecule has 2 rings (SSSR count). The molecule has 0 bridgehead atoms. The molecule has 1 amide bonds. The molecular formula is C13H10N2O3. The summed E-state index contributed by atoms with van der Waals surface area (Å²) in [6, 6.07) is 14.6. The summed E-state index contributed by atoms with van der Waals surface area (Å²) < 4.78 is 0. The zero-order valence-electron chi connectivity index (χ0n) is 9.37. The van der Waals surface area contributed by atoms with Gasteiger partial charge in [0, 0.05) is 11.6 Å². The van der Waals surface area contributed by atoms with Gasteiger partial charge in [-0.15, -0.1) is 0 Å². The number of nitrogens with one attached hydrogen (secondary N) is 1. The average molecular weight is 242 g/mol. The first-order valence-corrected chi connectivity index (χ1v) is 5.28. The maximum absolute atomic E-state index is 11.9. The number of nitrogens with zero attached hydrogens (tertiary/aromatic N) is 1. The van der Waals surface area contributed by atoms with Crippen LogP contribution in [0.25, 0.3) is 0 Å². The first-order valence-electron chi connectivity index (χ1n) is 5.28. The summed E-state index contributed by atoms with van der Waals surface area (Å²) >= 11 is 0. The molecule has 0 spiro atoms. The van der Waals surface area contributed by atoms with E-state index in [1.165, 1.54) is 12.1 Å². The number of nitro groups is 1. The van der Waals surface area contributed by atoms with Crippen LogP contribution in [0.5, 0.6) is 0 Å². The van der Waals surface area contributed by atoms with E-state index in [1.807, 2.05) is 0 Å². The minimum atomic E-state index is -0.527. The van der Waals surface area contributed by atoms with E-state index in [4.69, 9.17) is 0 Å². The van der Waals surface area contributed by atoms with Crippen molar-refractivity contribution in [3.05, 3.63) is 70.3 Å². The summed E-state index contributed by atoms with van der Waals surface area (Å²) in [5, 5.41) is 13.3. The summed E-state index contributed by atoms with van der Waals surface area (Å²) in [6.07, 6.45) is 0. The normalized spacial score (nSPS) is 9.78. The summed E-state index contributed by atoms with van der Waals surface area (Å²) in [4.78, 5) is 22.1. The number of para-hydroxylation sites is 2. The predicted molar refractivity (Wildman–Crippen MR) is 67.5 cm³/mol. The Kier molecular flexibility index (Phi) is 3.33. The first kappa shape index (κ1) is 11.8. The average Bonchev–Trinajstić information content (AvgIpc) is 2.40. The lowest BCUT2D eigenvalue weighted by atomic mass is 10.2. The molecule has 0 radical (unpaired) electrons. The molecule has 18 heavy (non-hydrogen) atoms. The van der Waals surface area contributed by atoms with Crippen molar-refractivity contribution < 1.29 is 9.72 Å². The standard InChI is InChI=1S/C13H10N2O3/c16-13(10-6-2-1-3-7-10)14-11-8-4-5-9-12(11)15(17)18/h1-9H,(H,14,16). The van der Waals surface area contributed by atoms with E-state index < -0.39 is 4.92 Å². The first-order chi connectivity index (χ1) is 8.68. The van der Waals surface area contributed by atoms with E-state index in [0.717, 1.165) is 0 Å². The maximum atomic E-state index is 11.9. The highest BCUT2D eigenvalue weighted by molar-refractivity contribution is 6.05. The second kappa shape index (κ2) is 5.09. The van der Waals surface area contributed by atoms with Crippen LogP contribution in [0.4, 0.5) is 11.4 Å². The van der Waals surface area contributed by atoms with Crippen LogP contribution in [-0.4, -0.2) is 10.8 Å². The van der Waals surface area contributed by atoms with E-state index in [1.54, 1.807) is 42.5 Å². The van der Waals surface area contributed by atoms with Crippen LogP contribution in [0, 0.1) is 10.1 Å². The van der Waals surface area contributed by atoms with Crippen molar-refractivity contribution in [1.29, 1.82) is 0 Å². The van der Waals surface area contributed by atoms with Gasteiger partial charge in [0.25, 0.3) is 11.6 Å². The number of benzene rings is 2. The Morgan fingerprint density at radius 1 is 1.00 bits per heavy atom. The van der Waals surface area contributed by atoms with Gasteiger partial charge in [-0.2, -0.15) is 0 Å². The molecule has 0 saturated heterocycles. The van der Waals surface area contributed by atoms with Crippen LogP contribution in [0.2, 0.25) is 0 Å². The fraction of sp³-hybridized carbons (Fsp3) is 0. The summed E-state index contributed by atoms with van der Waals surface area (Å²) in [5.41, 5.74) is 0.522. The van der Waals surface area contributed by atoms with Crippen LogP contribution >= 0.6 is 0 Å². The molecule has 0 unspecified atom stereocenters. The lowest BCUT2D eigenvalue weighted by Gasteiger charge is -2.05. The molecule has 5 nitrogen and oxygen atoms in total. The van der Waals surface area contributed by atoms with E-state index in [-0.39, 0.29) is 17.3 Å². The number of carbonyl (C=O) groups excluding carboxylic acids is 1. The van der Waals surface area contributed by atoms with Gasteiger partial charge in [0.05, 0.1) is 4.92 Å². The Balaban J connectivity index is 2.25. The third kappa shape index (κ3) is 2.52. The van der Waals surface area contributed by atoms with Crippen LogP contribution in [0.3, 0.4) is 0 Å². The lowest BCUT2D eigenvalue weighted by molar-refractivity contribution is -0.383. The monoisotopic (exact) mass is 242 g/mol. The van der Waals surface area contributed by atoms with E-state index >= 15 is 0 Å². The van der Waals surface area contributed by atoms with E-state index in [0.29, 0.717) is 5.56 Å². The number of amides is 1. The van der Waals surface area contributed by atoms with Crippen molar-refractivity contribution >= 4 is 17.3 Å². The molecule has 0 aliphatic heterocycles. The van der Waals surface area contributed by atoms with Gasteiger partial charge in [-0.25, -0.2) is 0 Å². The highest BCUT2D eigenvalue weighted by Crippen LogP contribution is 2.23. The Bertz CT molecular complexity index is 582. The molecule has 0 aliphatic carbocycles. The third-order valence-corrected chi connectivity index (χ3v) is 2.38. The van der Waals surface area contributed by atoms with Gasteiger partial charge in [0.1, 0.15) is 5.69 Å². The molecule has 90 valence electrons. The number of hydrogen-bond donors (Lipinski definition) is 1. The topological polar surface area (TPSA) is 72.2 Å². The SMILES string of the molecule is O=C(Nc1ccccc1[N+](=O)[O-])c1ccccc1. The Morgan fingerprint density at radius 2 is 1.61 bits per heavy atom. The van der Waals surface area contributed by atoms with Crippen LogP contribution in [0.1, 0.15) is 10.4 Å².